The first kappa shape index (κ1) is 21.1. The molecule has 1 aliphatic heterocycles. The first-order valence-electron chi connectivity index (χ1n) is 11.2. The van der Waals surface area contributed by atoms with Gasteiger partial charge in [0, 0.05) is 24.4 Å². The quantitative estimate of drug-likeness (QED) is 0.623. The van der Waals surface area contributed by atoms with Crippen molar-refractivity contribution in [3.05, 3.63) is 42.4 Å². The standard InChI is InChI=1S/C23H28F2N6O/c1-13(2)14(3)30(21-4-5-27-23-28-12-29-31(21)23)22-19(24)8-18(9-20(22)25)32-17-6-15-10-26-11-16(15)7-17/h4-5,8-9,12-17,26H,6-7,10-11H2,1-3H3/t14-,15?,16?,17?/m1/s1. The molecule has 3 heterocycles. The van der Waals surface area contributed by atoms with E-state index in [0.29, 0.717) is 23.4 Å². The average molecular weight is 443 g/mol. The van der Waals surface area contributed by atoms with E-state index in [2.05, 4.69) is 20.4 Å². The number of rotatable bonds is 6. The highest BCUT2D eigenvalue weighted by Gasteiger charge is 2.38. The van der Waals surface area contributed by atoms with Gasteiger partial charge in [-0.1, -0.05) is 13.8 Å². The molecular weight excluding hydrogens is 414 g/mol. The molecule has 2 fully saturated rings. The number of hydrogen-bond donors (Lipinski definition) is 1. The summed E-state index contributed by atoms with van der Waals surface area (Å²) < 4.78 is 38.4. The van der Waals surface area contributed by atoms with Gasteiger partial charge >= 0.3 is 0 Å². The van der Waals surface area contributed by atoms with E-state index in [4.69, 9.17) is 4.74 Å². The maximum absolute atomic E-state index is 15.5. The van der Waals surface area contributed by atoms with Gasteiger partial charge in [0.15, 0.2) is 11.6 Å². The fourth-order valence-corrected chi connectivity index (χ4v) is 4.97. The van der Waals surface area contributed by atoms with E-state index >= 15 is 8.78 Å². The molecular formula is C23H28F2N6O. The summed E-state index contributed by atoms with van der Waals surface area (Å²) in [6, 6.07) is 4.06. The third kappa shape index (κ3) is 3.68. The van der Waals surface area contributed by atoms with Gasteiger partial charge in [-0.25, -0.2) is 13.8 Å². The third-order valence-electron chi connectivity index (χ3n) is 6.92. The lowest BCUT2D eigenvalue weighted by Gasteiger charge is -2.34. The first-order chi connectivity index (χ1) is 15.4. The molecule has 1 aliphatic carbocycles. The van der Waals surface area contributed by atoms with Gasteiger partial charge < -0.3 is 15.0 Å². The van der Waals surface area contributed by atoms with E-state index in [0.717, 1.165) is 25.9 Å². The lowest BCUT2D eigenvalue weighted by atomic mass is 10.0. The van der Waals surface area contributed by atoms with Crippen LogP contribution in [0.15, 0.2) is 30.7 Å². The van der Waals surface area contributed by atoms with Crippen LogP contribution in [0.1, 0.15) is 33.6 Å². The van der Waals surface area contributed by atoms with Crippen molar-refractivity contribution in [3.63, 3.8) is 0 Å². The summed E-state index contributed by atoms with van der Waals surface area (Å²) >= 11 is 0. The van der Waals surface area contributed by atoms with Gasteiger partial charge in [0.05, 0.1) is 6.10 Å². The van der Waals surface area contributed by atoms with E-state index in [1.807, 2.05) is 20.8 Å². The minimum Gasteiger partial charge on any atom is -0.490 e. The van der Waals surface area contributed by atoms with Crippen molar-refractivity contribution in [1.82, 2.24) is 24.9 Å². The number of benzene rings is 1. The second-order valence-corrected chi connectivity index (χ2v) is 9.25. The van der Waals surface area contributed by atoms with Crippen LogP contribution in [0.3, 0.4) is 0 Å². The third-order valence-corrected chi connectivity index (χ3v) is 6.92. The molecule has 0 bridgehead atoms. The Balaban J connectivity index is 1.50. The van der Waals surface area contributed by atoms with Crippen molar-refractivity contribution in [3.8, 4) is 5.75 Å². The smallest absolute Gasteiger partial charge is 0.254 e. The second-order valence-electron chi connectivity index (χ2n) is 9.25. The van der Waals surface area contributed by atoms with E-state index in [-0.39, 0.29) is 29.5 Å². The van der Waals surface area contributed by atoms with Gasteiger partial charge in [0.25, 0.3) is 5.78 Å². The van der Waals surface area contributed by atoms with Crippen LogP contribution in [0, 0.1) is 29.4 Å². The molecule has 3 atom stereocenters. The molecule has 1 N–H and O–H groups in total. The van der Waals surface area contributed by atoms with E-state index in [1.54, 1.807) is 17.2 Å². The minimum atomic E-state index is -0.669. The summed E-state index contributed by atoms with van der Waals surface area (Å²) in [5.74, 6) is 1.06. The number of ether oxygens (including phenoxy) is 1. The number of hydrogen-bond acceptors (Lipinski definition) is 6. The molecule has 7 nitrogen and oxygen atoms in total. The zero-order chi connectivity index (χ0) is 22.4. The highest BCUT2D eigenvalue weighted by Crippen LogP contribution is 2.39. The van der Waals surface area contributed by atoms with Crippen LogP contribution in [0.2, 0.25) is 0 Å². The van der Waals surface area contributed by atoms with Crippen LogP contribution < -0.4 is 15.0 Å². The maximum Gasteiger partial charge on any atom is 0.254 e. The van der Waals surface area contributed by atoms with Crippen LogP contribution in [-0.4, -0.2) is 44.8 Å². The van der Waals surface area contributed by atoms with E-state index in [1.165, 1.54) is 23.0 Å². The molecule has 1 aromatic carbocycles. The van der Waals surface area contributed by atoms with Crippen LogP contribution in [0.5, 0.6) is 5.75 Å². The van der Waals surface area contributed by atoms with Crippen LogP contribution in [-0.2, 0) is 0 Å². The Morgan fingerprint density at radius 3 is 2.44 bits per heavy atom. The molecule has 1 saturated carbocycles. The summed E-state index contributed by atoms with van der Waals surface area (Å²) in [6.07, 6.45) is 4.78. The van der Waals surface area contributed by atoms with Crippen molar-refractivity contribution in [1.29, 1.82) is 0 Å². The molecule has 0 radical (unpaired) electrons. The van der Waals surface area contributed by atoms with Crippen molar-refractivity contribution in [2.24, 2.45) is 17.8 Å². The van der Waals surface area contributed by atoms with Crippen molar-refractivity contribution in [2.45, 2.75) is 45.8 Å². The number of anilines is 2. The lowest BCUT2D eigenvalue weighted by molar-refractivity contribution is 0.198. The molecule has 2 aromatic heterocycles. The molecule has 9 heteroatoms. The zero-order valence-electron chi connectivity index (χ0n) is 18.5. The molecule has 2 aliphatic rings. The minimum absolute atomic E-state index is 0.00240. The maximum atomic E-state index is 15.5. The topological polar surface area (TPSA) is 67.6 Å². The van der Waals surface area contributed by atoms with E-state index < -0.39 is 11.6 Å². The second kappa shape index (κ2) is 8.27. The monoisotopic (exact) mass is 442 g/mol. The van der Waals surface area contributed by atoms with Crippen molar-refractivity contribution >= 4 is 17.3 Å². The van der Waals surface area contributed by atoms with Crippen molar-refractivity contribution < 1.29 is 13.5 Å². The highest BCUT2D eigenvalue weighted by atomic mass is 19.1. The van der Waals surface area contributed by atoms with Crippen LogP contribution >= 0.6 is 0 Å². The molecule has 5 rings (SSSR count). The fraction of sp³-hybridized carbons (Fsp3) is 0.522. The van der Waals surface area contributed by atoms with Crippen LogP contribution in [0.25, 0.3) is 5.78 Å². The molecule has 32 heavy (non-hydrogen) atoms. The Hall–Kier alpha value is -2.81. The van der Waals surface area contributed by atoms with Gasteiger partial charge in [-0.05, 0) is 56.7 Å². The summed E-state index contributed by atoms with van der Waals surface area (Å²) in [6.45, 7) is 7.95. The number of fused-ring (bicyclic) bond motifs is 2. The van der Waals surface area contributed by atoms with Gasteiger partial charge in [0.1, 0.15) is 23.6 Å². The Kier molecular flexibility index (Phi) is 5.44. The molecule has 0 spiro atoms. The number of aromatic nitrogens is 4. The van der Waals surface area contributed by atoms with E-state index in [9.17, 15) is 0 Å². The molecule has 3 aromatic rings. The Morgan fingerprint density at radius 1 is 1.09 bits per heavy atom. The summed E-state index contributed by atoms with van der Waals surface area (Å²) in [4.78, 5) is 9.91. The SMILES string of the molecule is CC(C)[C@@H](C)N(c1c(F)cc(OC2CC3CNCC3C2)cc1F)c1ccnc2ncnn12. The fourth-order valence-electron chi connectivity index (χ4n) is 4.97. The molecule has 0 amide bonds. The van der Waals surface area contributed by atoms with Gasteiger partial charge in [0.2, 0.25) is 0 Å². The normalized spacial score (nSPS) is 23.6. The molecule has 170 valence electrons. The van der Waals surface area contributed by atoms with Crippen LogP contribution in [0.4, 0.5) is 20.3 Å². The van der Waals surface area contributed by atoms with Gasteiger partial charge in [-0.3, -0.25) is 0 Å². The Bertz CT molecular complexity index is 1080. The summed E-state index contributed by atoms with van der Waals surface area (Å²) in [5, 5.41) is 7.60. The Morgan fingerprint density at radius 2 is 1.78 bits per heavy atom. The van der Waals surface area contributed by atoms with Crippen molar-refractivity contribution in [2.75, 3.05) is 18.0 Å². The van der Waals surface area contributed by atoms with Gasteiger partial charge in [-0.2, -0.15) is 14.6 Å². The first-order valence-corrected chi connectivity index (χ1v) is 11.2. The number of halogens is 2. The molecule has 1 saturated heterocycles. The highest BCUT2D eigenvalue weighted by molar-refractivity contribution is 5.65. The summed E-state index contributed by atoms with van der Waals surface area (Å²) in [5.41, 5.74) is -0.131. The number of nitrogens with one attached hydrogen (secondary N) is 1. The predicted molar refractivity (Wildman–Crippen MR) is 117 cm³/mol. The van der Waals surface area contributed by atoms with Gasteiger partial charge in [-0.15, -0.1) is 0 Å². The summed E-state index contributed by atoms with van der Waals surface area (Å²) in [7, 11) is 0. The lowest BCUT2D eigenvalue weighted by Crippen LogP contribution is -2.35. The average Bonchev–Trinajstić information content (AvgIpc) is 3.46. The zero-order valence-corrected chi connectivity index (χ0v) is 18.5. The predicted octanol–water partition coefficient (Wildman–Crippen LogP) is 3.96. The molecule has 2 unspecified atom stereocenters. The number of nitrogens with zero attached hydrogens (tertiary/aromatic N) is 5. The Labute approximate surface area is 185 Å². The largest absolute Gasteiger partial charge is 0.490 e.